The van der Waals surface area contributed by atoms with Crippen molar-refractivity contribution in [1.29, 1.82) is 5.26 Å². The Morgan fingerprint density at radius 3 is 2.87 bits per heavy atom. The first-order chi connectivity index (χ1) is 7.31. The summed E-state index contributed by atoms with van der Waals surface area (Å²) in [5, 5.41) is 9.42. The van der Waals surface area contributed by atoms with Crippen LogP contribution in [0.5, 0.6) is 0 Å². The number of aldehydes is 1. The van der Waals surface area contributed by atoms with E-state index in [1.54, 1.807) is 12.1 Å². The maximum absolute atomic E-state index is 10.1. The minimum absolute atomic E-state index is 0.221. The highest BCUT2D eigenvalue weighted by Gasteiger charge is 1.99. The molecule has 2 nitrogen and oxygen atoms in total. The molecule has 0 fully saturated rings. The van der Waals surface area contributed by atoms with Crippen LogP contribution >= 0.6 is 15.9 Å². The molecule has 0 unspecified atom stereocenters. The average Bonchev–Trinajstić information content (AvgIpc) is 2.29. The van der Waals surface area contributed by atoms with Gasteiger partial charge >= 0.3 is 0 Å². The van der Waals surface area contributed by atoms with Gasteiger partial charge in [-0.1, -0.05) is 33.8 Å². The Morgan fingerprint density at radius 1 is 1.47 bits per heavy atom. The van der Waals surface area contributed by atoms with E-state index in [4.69, 9.17) is 5.26 Å². The van der Waals surface area contributed by atoms with Crippen molar-refractivity contribution in [3.8, 4) is 17.9 Å². The molecule has 0 aliphatic heterocycles. The minimum Gasteiger partial charge on any atom is -0.302 e. The molecule has 15 heavy (non-hydrogen) atoms. The van der Waals surface area contributed by atoms with E-state index in [0.29, 0.717) is 10.9 Å². The largest absolute Gasteiger partial charge is 0.302 e. The van der Waals surface area contributed by atoms with Crippen LogP contribution in [0.3, 0.4) is 0 Å². The van der Waals surface area contributed by atoms with E-state index in [9.17, 15) is 4.79 Å². The molecule has 0 saturated carbocycles. The van der Waals surface area contributed by atoms with Crippen molar-refractivity contribution >= 4 is 22.2 Å². The Balaban J connectivity index is 3.09. The number of nitrogens with zero attached hydrogens (tertiary/aromatic N) is 1. The lowest BCUT2D eigenvalue weighted by molar-refractivity contribution is -0.107. The van der Waals surface area contributed by atoms with Gasteiger partial charge in [0.25, 0.3) is 0 Å². The summed E-state index contributed by atoms with van der Waals surface area (Å²) in [5.74, 6) is 5.61. The summed E-state index contributed by atoms with van der Waals surface area (Å²) >= 11 is 3.34. The Morgan fingerprint density at radius 2 is 2.27 bits per heavy atom. The van der Waals surface area contributed by atoms with Crippen LogP contribution in [0, 0.1) is 23.2 Å². The molecule has 0 atom stereocenters. The van der Waals surface area contributed by atoms with Crippen LogP contribution in [-0.4, -0.2) is 6.29 Å². The van der Waals surface area contributed by atoms with Crippen LogP contribution in [0.1, 0.15) is 23.1 Å². The molecule has 0 aliphatic rings. The van der Waals surface area contributed by atoms with Gasteiger partial charge in [-0.3, -0.25) is 0 Å². The topological polar surface area (TPSA) is 40.9 Å². The van der Waals surface area contributed by atoms with Crippen molar-refractivity contribution in [1.82, 2.24) is 0 Å². The van der Waals surface area contributed by atoms with Crippen molar-refractivity contribution in [3.05, 3.63) is 34.9 Å². The zero-order valence-corrected chi connectivity index (χ0v) is 9.54. The third-order valence-corrected chi connectivity index (χ3v) is 2.40. The summed E-state index contributed by atoms with van der Waals surface area (Å²) < 4.78 is 0. The zero-order valence-electron chi connectivity index (χ0n) is 7.96. The molecule has 74 valence electrons. The van der Waals surface area contributed by atoms with Crippen molar-refractivity contribution in [2.45, 2.75) is 11.8 Å². The van der Waals surface area contributed by atoms with E-state index in [-0.39, 0.29) is 6.42 Å². The van der Waals surface area contributed by atoms with Gasteiger partial charge in [-0.05, 0) is 17.7 Å². The van der Waals surface area contributed by atoms with E-state index in [0.717, 1.165) is 17.4 Å². The number of benzene rings is 1. The van der Waals surface area contributed by atoms with Crippen LogP contribution in [0.2, 0.25) is 0 Å². The second-order valence-corrected chi connectivity index (χ2v) is 3.35. The molecule has 0 spiro atoms. The lowest BCUT2D eigenvalue weighted by atomic mass is 10.1. The lowest BCUT2D eigenvalue weighted by Crippen LogP contribution is -1.87. The number of rotatable bonds is 2. The number of carbonyl (C=O) groups is 1. The summed E-state index contributed by atoms with van der Waals surface area (Å²) in [6.45, 7) is 0. The van der Waals surface area contributed by atoms with E-state index < -0.39 is 0 Å². The highest BCUT2D eigenvalue weighted by atomic mass is 79.9. The maximum atomic E-state index is 10.1. The average molecular weight is 262 g/mol. The van der Waals surface area contributed by atoms with Gasteiger partial charge in [-0.2, -0.15) is 5.26 Å². The Hall–Kier alpha value is -1.58. The number of hydrogen-bond donors (Lipinski definition) is 0. The van der Waals surface area contributed by atoms with E-state index in [1.807, 2.05) is 6.07 Å². The second-order valence-electron chi connectivity index (χ2n) is 2.79. The smallest absolute Gasteiger partial charge is 0.131 e. The molecular weight excluding hydrogens is 254 g/mol. The highest BCUT2D eigenvalue weighted by molar-refractivity contribution is 9.08. The van der Waals surface area contributed by atoms with Gasteiger partial charge in [-0.25, -0.2) is 0 Å². The molecule has 0 radical (unpaired) electrons. The number of nitriles is 1. The Kier molecular flexibility index (Phi) is 4.60. The van der Waals surface area contributed by atoms with Crippen LogP contribution in [-0.2, 0) is 10.1 Å². The van der Waals surface area contributed by atoms with E-state index >= 15 is 0 Å². The predicted octanol–water partition coefficient (Wildman–Crippen LogP) is 2.39. The molecular formula is C12H8BrNO. The number of halogens is 1. The third kappa shape index (κ3) is 3.23. The summed E-state index contributed by atoms with van der Waals surface area (Å²) in [5.41, 5.74) is 2.40. The lowest BCUT2D eigenvalue weighted by Gasteiger charge is -1.99. The fourth-order valence-electron chi connectivity index (χ4n) is 1.07. The van der Waals surface area contributed by atoms with Crippen LogP contribution < -0.4 is 0 Å². The Bertz CT molecular complexity index is 463. The SMILES string of the molecule is N#Cc1ccc(CBr)c(C#CCC=O)c1. The molecule has 0 amide bonds. The van der Waals surface area contributed by atoms with E-state index in [2.05, 4.69) is 33.8 Å². The normalized spacial score (nSPS) is 8.53. The first kappa shape index (κ1) is 11.5. The summed E-state index contributed by atoms with van der Waals surface area (Å²) in [7, 11) is 0. The van der Waals surface area contributed by atoms with Crippen LogP contribution in [0.15, 0.2) is 18.2 Å². The van der Waals surface area contributed by atoms with Gasteiger partial charge in [0.05, 0.1) is 18.1 Å². The molecule has 0 bridgehead atoms. The quantitative estimate of drug-likeness (QED) is 0.466. The van der Waals surface area contributed by atoms with Crippen LogP contribution in [0.25, 0.3) is 0 Å². The highest BCUT2D eigenvalue weighted by Crippen LogP contribution is 2.13. The van der Waals surface area contributed by atoms with Gasteiger partial charge in [0.2, 0.25) is 0 Å². The maximum Gasteiger partial charge on any atom is 0.131 e. The molecule has 0 saturated heterocycles. The first-order valence-corrected chi connectivity index (χ1v) is 5.45. The summed E-state index contributed by atoms with van der Waals surface area (Å²) in [6.07, 6.45) is 0.980. The van der Waals surface area contributed by atoms with E-state index in [1.165, 1.54) is 0 Å². The molecule has 1 aromatic carbocycles. The second kappa shape index (κ2) is 6.01. The van der Waals surface area contributed by atoms with Gasteiger partial charge in [0.15, 0.2) is 0 Å². The number of alkyl halides is 1. The molecule has 0 N–H and O–H groups in total. The standard InChI is InChI=1S/C12H8BrNO/c13-8-12-5-4-10(9-14)7-11(12)3-1-2-6-15/h4-7H,2,8H2. The van der Waals surface area contributed by atoms with Crippen molar-refractivity contribution in [2.24, 2.45) is 0 Å². The van der Waals surface area contributed by atoms with Crippen molar-refractivity contribution in [2.75, 3.05) is 0 Å². The van der Waals surface area contributed by atoms with Gasteiger partial charge in [-0.15, -0.1) is 0 Å². The molecule has 1 aromatic rings. The third-order valence-electron chi connectivity index (χ3n) is 1.79. The monoisotopic (exact) mass is 261 g/mol. The Labute approximate surface area is 97.0 Å². The van der Waals surface area contributed by atoms with Crippen LogP contribution in [0.4, 0.5) is 0 Å². The molecule has 0 aromatic heterocycles. The van der Waals surface area contributed by atoms with Gasteiger partial charge in [0, 0.05) is 10.9 Å². The zero-order chi connectivity index (χ0) is 11.1. The van der Waals surface area contributed by atoms with Gasteiger partial charge < -0.3 is 4.79 Å². The minimum atomic E-state index is 0.221. The number of hydrogen-bond acceptors (Lipinski definition) is 2. The summed E-state index contributed by atoms with van der Waals surface area (Å²) in [4.78, 5) is 10.1. The molecule has 3 heteroatoms. The van der Waals surface area contributed by atoms with Crippen molar-refractivity contribution < 1.29 is 4.79 Å². The van der Waals surface area contributed by atoms with Crippen molar-refractivity contribution in [3.63, 3.8) is 0 Å². The fourth-order valence-corrected chi connectivity index (χ4v) is 1.56. The first-order valence-electron chi connectivity index (χ1n) is 4.33. The summed E-state index contributed by atoms with van der Waals surface area (Å²) in [6, 6.07) is 7.40. The van der Waals surface area contributed by atoms with Gasteiger partial charge in [0.1, 0.15) is 6.29 Å². The molecule has 0 aliphatic carbocycles. The molecule has 1 rings (SSSR count). The predicted molar refractivity (Wildman–Crippen MR) is 61.3 cm³/mol. The fraction of sp³-hybridized carbons (Fsp3) is 0.167. The number of carbonyl (C=O) groups excluding carboxylic acids is 1. The molecule has 0 heterocycles.